The minimum atomic E-state index is -0.187. The third-order valence-corrected chi connectivity index (χ3v) is 5.84. The van der Waals surface area contributed by atoms with Crippen LogP contribution in [0.15, 0.2) is 49.7 Å². The lowest BCUT2D eigenvalue weighted by Crippen LogP contribution is -2.52. The highest BCUT2D eigenvalue weighted by atomic mass is 16.2. The predicted molar refractivity (Wildman–Crippen MR) is 106 cm³/mol. The van der Waals surface area contributed by atoms with E-state index in [0.717, 1.165) is 37.9 Å². The van der Waals surface area contributed by atoms with Gasteiger partial charge in [0.05, 0.1) is 18.2 Å². The third kappa shape index (κ3) is 4.12. The van der Waals surface area contributed by atoms with Crippen LogP contribution >= 0.6 is 0 Å². The fourth-order valence-corrected chi connectivity index (χ4v) is 4.50. The molecule has 3 heterocycles. The third-order valence-electron chi connectivity index (χ3n) is 5.84. The molecule has 0 bridgehead atoms. The van der Waals surface area contributed by atoms with Gasteiger partial charge in [0.2, 0.25) is 11.8 Å². The summed E-state index contributed by atoms with van der Waals surface area (Å²) in [4.78, 5) is 33.9. The zero-order valence-corrected chi connectivity index (χ0v) is 16.0. The number of amides is 2. The van der Waals surface area contributed by atoms with Crippen LogP contribution in [0.2, 0.25) is 0 Å². The van der Waals surface area contributed by atoms with Crippen LogP contribution in [-0.4, -0.2) is 45.2 Å². The molecule has 0 spiro atoms. The van der Waals surface area contributed by atoms with Crippen LogP contribution in [0.5, 0.6) is 0 Å². The minimum absolute atomic E-state index is 0.106. The SMILES string of the molecule is C=CCC1(CC=C)CCCN1C(=O)[C@@H]1CCC(=O)N(Cc2ccccn2)C1. The molecule has 0 aromatic carbocycles. The maximum absolute atomic E-state index is 13.4. The number of hydrogen-bond donors (Lipinski definition) is 0. The lowest BCUT2D eigenvalue weighted by atomic mass is 9.86. The Balaban J connectivity index is 1.73. The Hall–Kier alpha value is -2.43. The fourth-order valence-electron chi connectivity index (χ4n) is 4.50. The lowest BCUT2D eigenvalue weighted by molar-refractivity contribution is -0.146. The van der Waals surface area contributed by atoms with Crippen LogP contribution in [-0.2, 0) is 16.1 Å². The molecular formula is C22H29N3O2. The number of likely N-dealkylation sites (tertiary alicyclic amines) is 2. The van der Waals surface area contributed by atoms with E-state index in [0.29, 0.717) is 25.9 Å². The largest absolute Gasteiger partial charge is 0.336 e. The quantitative estimate of drug-likeness (QED) is 0.695. The molecule has 0 N–H and O–H groups in total. The van der Waals surface area contributed by atoms with E-state index in [1.165, 1.54) is 0 Å². The zero-order chi connectivity index (χ0) is 19.3. The van der Waals surface area contributed by atoms with Crippen LogP contribution in [0, 0.1) is 5.92 Å². The molecule has 5 heteroatoms. The van der Waals surface area contributed by atoms with Crippen LogP contribution < -0.4 is 0 Å². The smallest absolute Gasteiger partial charge is 0.227 e. The second-order valence-corrected chi connectivity index (χ2v) is 7.63. The summed E-state index contributed by atoms with van der Waals surface area (Å²) in [5, 5.41) is 0. The summed E-state index contributed by atoms with van der Waals surface area (Å²) in [6.45, 7) is 9.51. The van der Waals surface area contributed by atoms with Gasteiger partial charge in [-0.25, -0.2) is 0 Å². The van der Waals surface area contributed by atoms with E-state index >= 15 is 0 Å². The Morgan fingerprint density at radius 2 is 2.07 bits per heavy atom. The van der Waals surface area contributed by atoms with Crippen molar-refractivity contribution >= 4 is 11.8 Å². The molecule has 144 valence electrons. The van der Waals surface area contributed by atoms with Crippen LogP contribution in [0.3, 0.4) is 0 Å². The van der Waals surface area contributed by atoms with Crippen molar-refractivity contribution in [1.29, 1.82) is 0 Å². The molecule has 2 saturated heterocycles. The summed E-state index contributed by atoms with van der Waals surface area (Å²) in [7, 11) is 0. The van der Waals surface area contributed by atoms with Crippen molar-refractivity contribution in [3.8, 4) is 0 Å². The molecule has 5 nitrogen and oxygen atoms in total. The molecular weight excluding hydrogens is 338 g/mol. The maximum atomic E-state index is 13.4. The van der Waals surface area contributed by atoms with E-state index in [4.69, 9.17) is 0 Å². The molecule has 1 aromatic heterocycles. The fraction of sp³-hybridized carbons (Fsp3) is 0.500. The zero-order valence-electron chi connectivity index (χ0n) is 16.0. The van der Waals surface area contributed by atoms with E-state index in [1.807, 2.05) is 30.4 Å². The summed E-state index contributed by atoms with van der Waals surface area (Å²) in [6.07, 6.45) is 10.2. The van der Waals surface area contributed by atoms with E-state index in [1.54, 1.807) is 11.1 Å². The van der Waals surface area contributed by atoms with Gasteiger partial charge in [0.1, 0.15) is 0 Å². The highest BCUT2D eigenvalue weighted by Crippen LogP contribution is 2.38. The van der Waals surface area contributed by atoms with Gasteiger partial charge in [0.15, 0.2) is 0 Å². The molecule has 2 amide bonds. The van der Waals surface area contributed by atoms with Crippen LogP contribution in [0.4, 0.5) is 0 Å². The van der Waals surface area contributed by atoms with Crippen molar-refractivity contribution in [3.63, 3.8) is 0 Å². The minimum Gasteiger partial charge on any atom is -0.336 e. The summed E-state index contributed by atoms with van der Waals surface area (Å²) in [6, 6.07) is 5.70. The second kappa shape index (κ2) is 8.51. The van der Waals surface area contributed by atoms with Crippen molar-refractivity contribution in [3.05, 3.63) is 55.4 Å². The molecule has 2 fully saturated rings. The lowest BCUT2D eigenvalue weighted by Gasteiger charge is -2.41. The van der Waals surface area contributed by atoms with Crippen molar-refractivity contribution in [2.24, 2.45) is 5.92 Å². The molecule has 3 rings (SSSR count). The molecule has 2 aliphatic rings. The Labute approximate surface area is 161 Å². The number of rotatable bonds is 7. The number of pyridine rings is 1. The van der Waals surface area contributed by atoms with Gasteiger partial charge < -0.3 is 9.80 Å². The summed E-state index contributed by atoms with van der Waals surface area (Å²) >= 11 is 0. The van der Waals surface area contributed by atoms with Crippen molar-refractivity contribution in [2.75, 3.05) is 13.1 Å². The predicted octanol–water partition coefficient (Wildman–Crippen LogP) is 3.33. The van der Waals surface area contributed by atoms with E-state index in [-0.39, 0.29) is 23.3 Å². The summed E-state index contributed by atoms with van der Waals surface area (Å²) in [5.74, 6) is 0.141. The van der Waals surface area contributed by atoms with Crippen molar-refractivity contribution in [2.45, 2.75) is 50.6 Å². The van der Waals surface area contributed by atoms with Crippen LogP contribution in [0.25, 0.3) is 0 Å². The average Bonchev–Trinajstić information content (AvgIpc) is 3.07. The van der Waals surface area contributed by atoms with Crippen molar-refractivity contribution < 1.29 is 9.59 Å². The second-order valence-electron chi connectivity index (χ2n) is 7.63. The molecule has 1 atom stereocenters. The standard InChI is InChI=1S/C22H29N3O2/c1-3-11-22(12-4-2)13-7-15-25(22)21(27)18-9-10-20(26)24(16-18)17-19-8-5-6-14-23-19/h3-6,8,14,18H,1-2,7,9-13,15-17H2/t18-/m1/s1. The number of hydrogen-bond acceptors (Lipinski definition) is 3. The molecule has 0 unspecified atom stereocenters. The number of carbonyl (C=O) groups is 2. The van der Waals surface area contributed by atoms with Gasteiger partial charge >= 0.3 is 0 Å². The van der Waals surface area contributed by atoms with Gasteiger partial charge in [-0.05, 0) is 44.2 Å². The maximum Gasteiger partial charge on any atom is 0.227 e. The van der Waals surface area contributed by atoms with Gasteiger partial charge in [0.25, 0.3) is 0 Å². The first kappa shape index (κ1) is 19.3. The van der Waals surface area contributed by atoms with Gasteiger partial charge in [-0.1, -0.05) is 18.2 Å². The first-order chi connectivity index (χ1) is 13.1. The summed E-state index contributed by atoms with van der Waals surface area (Å²) < 4.78 is 0. The van der Waals surface area contributed by atoms with E-state index in [9.17, 15) is 9.59 Å². The number of nitrogens with zero attached hydrogens (tertiary/aromatic N) is 3. The topological polar surface area (TPSA) is 53.5 Å². The first-order valence-electron chi connectivity index (χ1n) is 9.80. The number of carbonyl (C=O) groups excluding carboxylic acids is 2. The number of piperidine rings is 1. The molecule has 0 saturated carbocycles. The highest BCUT2D eigenvalue weighted by molar-refractivity contribution is 5.84. The van der Waals surface area contributed by atoms with Gasteiger partial charge in [-0.2, -0.15) is 0 Å². The molecule has 0 aliphatic carbocycles. The van der Waals surface area contributed by atoms with Crippen molar-refractivity contribution in [1.82, 2.24) is 14.8 Å². The highest BCUT2D eigenvalue weighted by Gasteiger charge is 2.44. The normalized spacial score (nSPS) is 21.9. The Morgan fingerprint density at radius 1 is 1.30 bits per heavy atom. The van der Waals surface area contributed by atoms with Gasteiger partial charge in [0, 0.05) is 31.2 Å². The summed E-state index contributed by atoms with van der Waals surface area (Å²) in [5.41, 5.74) is 0.668. The number of aromatic nitrogens is 1. The Morgan fingerprint density at radius 3 is 2.74 bits per heavy atom. The molecule has 2 aliphatic heterocycles. The van der Waals surface area contributed by atoms with E-state index < -0.39 is 0 Å². The molecule has 1 aromatic rings. The molecule has 0 radical (unpaired) electrons. The average molecular weight is 367 g/mol. The molecule has 27 heavy (non-hydrogen) atoms. The monoisotopic (exact) mass is 367 g/mol. The first-order valence-corrected chi connectivity index (χ1v) is 9.80. The van der Waals surface area contributed by atoms with Gasteiger partial charge in [-0.15, -0.1) is 13.2 Å². The van der Waals surface area contributed by atoms with Crippen LogP contribution in [0.1, 0.15) is 44.2 Å². The Bertz CT molecular complexity index is 691. The van der Waals surface area contributed by atoms with E-state index in [2.05, 4.69) is 23.0 Å². The van der Waals surface area contributed by atoms with Gasteiger partial charge in [-0.3, -0.25) is 14.6 Å². The Kier molecular flexibility index (Phi) is 6.09.